The highest BCUT2D eigenvalue weighted by Gasteiger charge is 2.18. The van der Waals surface area contributed by atoms with Crippen LogP contribution in [0.4, 0.5) is 5.69 Å². The van der Waals surface area contributed by atoms with Gasteiger partial charge >= 0.3 is 0 Å². The number of nitrogens with one attached hydrogen (secondary N) is 1. The zero-order valence-electron chi connectivity index (χ0n) is 14.8. The van der Waals surface area contributed by atoms with Gasteiger partial charge in [-0.05, 0) is 49.3 Å². The van der Waals surface area contributed by atoms with E-state index in [4.69, 9.17) is 0 Å². The summed E-state index contributed by atoms with van der Waals surface area (Å²) in [7, 11) is 1.65. The Morgan fingerprint density at radius 2 is 1.80 bits per heavy atom. The van der Waals surface area contributed by atoms with E-state index in [0.29, 0.717) is 5.56 Å². The predicted molar refractivity (Wildman–Crippen MR) is 107 cm³/mol. The topological polar surface area (TPSA) is 49.4 Å². The maximum absolute atomic E-state index is 12.7. The number of carbonyl (C=O) groups is 2. The van der Waals surface area contributed by atoms with E-state index in [9.17, 15) is 9.59 Å². The van der Waals surface area contributed by atoms with Gasteiger partial charge < -0.3 is 10.2 Å². The van der Waals surface area contributed by atoms with Gasteiger partial charge in [-0.1, -0.05) is 18.2 Å². The van der Waals surface area contributed by atoms with E-state index in [2.05, 4.69) is 5.32 Å². The minimum atomic E-state index is -0.212. The Morgan fingerprint density at radius 3 is 2.48 bits per heavy atom. The lowest BCUT2D eigenvalue weighted by Gasteiger charge is -2.19. The monoisotopic (exact) mass is 374 g/mol. The number of benzene rings is 2. The lowest BCUT2D eigenvalue weighted by molar-refractivity contribution is -0.116. The third kappa shape index (κ3) is 5.03. The van der Waals surface area contributed by atoms with Crippen molar-refractivity contribution in [1.29, 1.82) is 0 Å². The molecule has 132 valence electrons. The molecule has 0 fully saturated rings. The van der Waals surface area contributed by atoms with Gasteiger partial charge in [0.25, 0.3) is 5.91 Å². The normalized spacial score (nSPS) is 10.4. The molecule has 2 rings (SSSR count). The van der Waals surface area contributed by atoms with E-state index in [0.717, 1.165) is 21.0 Å². The fourth-order valence-corrected chi connectivity index (χ4v) is 3.38. The molecule has 0 radical (unpaired) electrons. The lowest BCUT2D eigenvalue weighted by Crippen LogP contribution is -2.35. The summed E-state index contributed by atoms with van der Waals surface area (Å²) in [5, 5.41) is 2.88. The number of para-hydroxylation sites is 1. The van der Waals surface area contributed by atoms with Crippen LogP contribution in [0.1, 0.15) is 15.9 Å². The summed E-state index contributed by atoms with van der Waals surface area (Å²) in [6.45, 7) is 1.91. The van der Waals surface area contributed by atoms with E-state index in [1.165, 1.54) is 4.90 Å². The number of thioether (sulfide) groups is 2. The smallest absolute Gasteiger partial charge is 0.254 e. The lowest BCUT2D eigenvalue weighted by atomic mass is 10.1. The van der Waals surface area contributed by atoms with Crippen LogP contribution in [-0.4, -0.2) is 42.8 Å². The molecule has 25 heavy (non-hydrogen) atoms. The highest BCUT2D eigenvalue weighted by atomic mass is 32.2. The summed E-state index contributed by atoms with van der Waals surface area (Å²) >= 11 is 3.16. The number of hydrogen-bond acceptors (Lipinski definition) is 4. The van der Waals surface area contributed by atoms with Crippen LogP contribution in [0.5, 0.6) is 0 Å². The molecule has 0 aliphatic heterocycles. The molecule has 0 aliphatic carbocycles. The van der Waals surface area contributed by atoms with Crippen molar-refractivity contribution in [3.05, 3.63) is 53.6 Å². The molecule has 0 spiro atoms. The third-order valence-electron chi connectivity index (χ3n) is 3.78. The Hall–Kier alpha value is -1.92. The maximum atomic E-state index is 12.7. The second-order valence-electron chi connectivity index (χ2n) is 5.59. The van der Waals surface area contributed by atoms with Crippen LogP contribution >= 0.6 is 23.5 Å². The molecule has 0 aliphatic rings. The third-order valence-corrected chi connectivity index (χ3v) is 5.30. The van der Waals surface area contributed by atoms with Gasteiger partial charge in [-0.3, -0.25) is 9.59 Å². The van der Waals surface area contributed by atoms with Gasteiger partial charge in [0, 0.05) is 22.4 Å². The van der Waals surface area contributed by atoms with Crippen molar-refractivity contribution in [3.8, 4) is 0 Å². The molecular formula is C19H22N2O2S2. The number of likely N-dealkylation sites (N-methyl/N-ethyl adjacent to an activating group) is 1. The maximum Gasteiger partial charge on any atom is 0.254 e. The van der Waals surface area contributed by atoms with Crippen molar-refractivity contribution in [3.63, 3.8) is 0 Å². The predicted octanol–water partition coefficient (Wildman–Crippen LogP) is 4.15. The summed E-state index contributed by atoms with van der Waals surface area (Å²) in [5.41, 5.74) is 2.30. The first-order valence-corrected chi connectivity index (χ1v) is 10.2. The molecule has 0 heterocycles. The first-order chi connectivity index (χ1) is 12.0. The molecule has 0 aromatic heterocycles. The SMILES string of the molecule is CSc1ccc(C)c(C(=O)N(C)CC(=O)Nc2ccccc2SC)c1. The zero-order valence-corrected chi connectivity index (χ0v) is 16.5. The molecule has 0 saturated heterocycles. The van der Waals surface area contributed by atoms with Gasteiger partial charge in [0.15, 0.2) is 0 Å². The fourth-order valence-electron chi connectivity index (χ4n) is 2.39. The van der Waals surface area contributed by atoms with Crippen molar-refractivity contribution in [2.75, 3.05) is 31.4 Å². The van der Waals surface area contributed by atoms with E-state index >= 15 is 0 Å². The number of aryl methyl sites for hydroxylation is 1. The molecule has 2 aromatic rings. The molecule has 0 bridgehead atoms. The molecular weight excluding hydrogens is 352 g/mol. The van der Waals surface area contributed by atoms with Crippen LogP contribution in [0.15, 0.2) is 52.3 Å². The number of amides is 2. The molecule has 4 nitrogen and oxygen atoms in total. The summed E-state index contributed by atoms with van der Waals surface area (Å²) in [4.78, 5) is 28.5. The molecule has 2 aromatic carbocycles. The number of carbonyl (C=O) groups excluding carboxylic acids is 2. The number of hydrogen-bond donors (Lipinski definition) is 1. The van der Waals surface area contributed by atoms with Crippen LogP contribution in [0.3, 0.4) is 0 Å². The van der Waals surface area contributed by atoms with Crippen molar-refractivity contribution < 1.29 is 9.59 Å². The van der Waals surface area contributed by atoms with Crippen molar-refractivity contribution in [1.82, 2.24) is 4.90 Å². The average Bonchev–Trinajstić information content (AvgIpc) is 2.61. The van der Waals surface area contributed by atoms with Crippen LogP contribution < -0.4 is 5.32 Å². The van der Waals surface area contributed by atoms with E-state index in [1.54, 1.807) is 30.6 Å². The fraction of sp³-hybridized carbons (Fsp3) is 0.263. The van der Waals surface area contributed by atoms with Gasteiger partial charge in [0.1, 0.15) is 0 Å². The van der Waals surface area contributed by atoms with E-state index in [1.807, 2.05) is 61.9 Å². The quantitative estimate of drug-likeness (QED) is 0.772. The average molecular weight is 375 g/mol. The largest absolute Gasteiger partial charge is 0.332 e. The molecule has 0 unspecified atom stereocenters. The molecule has 2 amide bonds. The van der Waals surface area contributed by atoms with Crippen LogP contribution in [0.25, 0.3) is 0 Å². The van der Waals surface area contributed by atoms with Crippen LogP contribution in [0, 0.1) is 6.92 Å². The van der Waals surface area contributed by atoms with Gasteiger partial charge in [-0.25, -0.2) is 0 Å². The first-order valence-electron chi connectivity index (χ1n) is 7.79. The second-order valence-corrected chi connectivity index (χ2v) is 7.32. The van der Waals surface area contributed by atoms with Crippen molar-refractivity contribution >= 4 is 41.0 Å². The van der Waals surface area contributed by atoms with Crippen LogP contribution in [-0.2, 0) is 4.79 Å². The minimum absolute atomic E-state index is 0.00445. The van der Waals surface area contributed by atoms with Gasteiger partial charge in [-0.2, -0.15) is 0 Å². The second kappa shape index (κ2) is 8.97. The van der Waals surface area contributed by atoms with E-state index in [-0.39, 0.29) is 18.4 Å². The minimum Gasteiger partial charge on any atom is -0.332 e. The summed E-state index contributed by atoms with van der Waals surface area (Å²) in [6, 6.07) is 13.4. The van der Waals surface area contributed by atoms with Crippen molar-refractivity contribution in [2.45, 2.75) is 16.7 Å². The zero-order chi connectivity index (χ0) is 18.4. The first kappa shape index (κ1) is 19.4. The Labute approximate surface area is 157 Å². The summed E-state index contributed by atoms with van der Waals surface area (Å²) < 4.78 is 0. The molecule has 6 heteroatoms. The van der Waals surface area contributed by atoms with Gasteiger partial charge in [0.05, 0.1) is 12.2 Å². The summed E-state index contributed by atoms with van der Waals surface area (Å²) in [6.07, 6.45) is 3.93. The highest BCUT2D eigenvalue weighted by Crippen LogP contribution is 2.24. The van der Waals surface area contributed by atoms with Crippen LogP contribution in [0.2, 0.25) is 0 Å². The Balaban J connectivity index is 2.07. The Bertz CT molecular complexity index is 778. The number of anilines is 1. The Kier molecular flexibility index (Phi) is 6.96. The standard InChI is InChI=1S/C19H22N2O2S2/c1-13-9-10-14(24-3)11-15(13)19(23)21(2)12-18(22)20-16-7-5-6-8-17(16)25-4/h5-11H,12H2,1-4H3,(H,20,22). The molecule has 0 atom stereocenters. The summed E-state index contributed by atoms with van der Waals surface area (Å²) in [5.74, 6) is -0.363. The number of nitrogens with zero attached hydrogens (tertiary/aromatic N) is 1. The van der Waals surface area contributed by atoms with Crippen molar-refractivity contribution in [2.24, 2.45) is 0 Å². The number of rotatable bonds is 6. The van der Waals surface area contributed by atoms with Gasteiger partial charge in [0.2, 0.25) is 5.91 Å². The van der Waals surface area contributed by atoms with Gasteiger partial charge in [-0.15, -0.1) is 23.5 Å². The molecule has 0 saturated carbocycles. The highest BCUT2D eigenvalue weighted by molar-refractivity contribution is 7.99. The Morgan fingerprint density at radius 1 is 1.08 bits per heavy atom. The van der Waals surface area contributed by atoms with E-state index < -0.39 is 0 Å². The molecule has 1 N–H and O–H groups in total.